The molecule has 2 unspecified atom stereocenters. The van der Waals surface area contributed by atoms with Gasteiger partial charge in [-0.25, -0.2) is 4.39 Å². The van der Waals surface area contributed by atoms with E-state index in [2.05, 4.69) is 5.32 Å². The van der Waals surface area contributed by atoms with Crippen molar-refractivity contribution < 1.29 is 9.13 Å². The van der Waals surface area contributed by atoms with Gasteiger partial charge >= 0.3 is 0 Å². The lowest BCUT2D eigenvalue weighted by molar-refractivity contribution is 0.0898. The Kier molecular flexibility index (Phi) is 2.67. The predicted octanol–water partition coefficient (Wildman–Crippen LogP) is 2.39. The Labute approximate surface area is 100 Å². The van der Waals surface area contributed by atoms with Crippen molar-refractivity contribution in [3.8, 4) is 0 Å². The molecule has 0 bridgehead atoms. The molecule has 92 valence electrons. The van der Waals surface area contributed by atoms with Crippen LogP contribution in [0.15, 0.2) is 18.2 Å². The molecule has 2 fully saturated rings. The highest BCUT2D eigenvalue weighted by molar-refractivity contribution is 5.55. The van der Waals surface area contributed by atoms with E-state index >= 15 is 0 Å². The van der Waals surface area contributed by atoms with Gasteiger partial charge in [0.25, 0.3) is 0 Å². The number of ether oxygens (including phenoxy) is 1. The summed E-state index contributed by atoms with van der Waals surface area (Å²) in [7, 11) is 0. The minimum absolute atomic E-state index is 0.291. The quantitative estimate of drug-likeness (QED) is 0.792. The lowest BCUT2D eigenvalue weighted by Gasteiger charge is -2.20. The highest BCUT2D eigenvalue weighted by Gasteiger charge is 2.40. The van der Waals surface area contributed by atoms with Crippen LogP contribution in [0, 0.1) is 11.7 Å². The highest BCUT2D eigenvalue weighted by Crippen LogP contribution is 2.39. The third kappa shape index (κ3) is 2.36. The summed E-state index contributed by atoms with van der Waals surface area (Å²) in [5.74, 6) is 0.398. The Morgan fingerprint density at radius 2 is 2.06 bits per heavy atom. The molecule has 1 aromatic rings. The standard InChI is InChI=1S/C13H17FN2O/c14-9-5-10(15)7-11(6-9)16-12-3-4-17-13(12)8-1-2-8/h5-8,12-13,16H,1-4,15H2. The van der Waals surface area contributed by atoms with Crippen LogP contribution in [0.4, 0.5) is 15.8 Å². The van der Waals surface area contributed by atoms with Crippen LogP contribution in [0.1, 0.15) is 19.3 Å². The van der Waals surface area contributed by atoms with E-state index < -0.39 is 0 Å². The molecule has 0 radical (unpaired) electrons. The van der Waals surface area contributed by atoms with E-state index in [9.17, 15) is 4.39 Å². The highest BCUT2D eigenvalue weighted by atomic mass is 19.1. The van der Waals surface area contributed by atoms with Crippen LogP contribution in [0.5, 0.6) is 0 Å². The average molecular weight is 236 g/mol. The molecule has 1 aliphatic heterocycles. The Balaban J connectivity index is 1.72. The summed E-state index contributed by atoms with van der Waals surface area (Å²) in [6.07, 6.45) is 3.79. The van der Waals surface area contributed by atoms with Crippen LogP contribution in [0.25, 0.3) is 0 Å². The van der Waals surface area contributed by atoms with E-state index in [0.29, 0.717) is 23.8 Å². The van der Waals surface area contributed by atoms with Crippen molar-refractivity contribution in [3.05, 3.63) is 24.0 Å². The number of nitrogen functional groups attached to an aromatic ring is 1. The number of hydrogen-bond donors (Lipinski definition) is 2. The number of rotatable bonds is 3. The second-order valence-electron chi connectivity index (χ2n) is 4.99. The molecule has 17 heavy (non-hydrogen) atoms. The Morgan fingerprint density at radius 3 is 2.76 bits per heavy atom. The maximum Gasteiger partial charge on any atom is 0.127 e. The third-order valence-corrected chi connectivity index (χ3v) is 3.49. The summed E-state index contributed by atoms with van der Waals surface area (Å²) >= 11 is 0. The van der Waals surface area contributed by atoms with Gasteiger partial charge in [0.2, 0.25) is 0 Å². The van der Waals surface area contributed by atoms with E-state index in [1.165, 1.54) is 25.0 Å². The van der Waals surface area contributed by atoms with E-state index in [0.717, 1.165) is 18.7 Å². The Morgan fingerprint density at radius 1 is 1.24 bits per heavy atom. The largest absolute Gasteiger partial charge is 0.399 e. The lowest BCUT2D eigenvalue weighted by Crippen LogP contribution is -2.30. The van der Waals surface area contributed by atoms with Crippen LogP contribution in [0.2, 0.25) is 0 Å². The third-order valence-electron chi connectivity index (χ3n) is 3.49. The van der Waals surface area contributed by atoms with Crippen LogP contribution in [-0.4, -0.2) is 18.8 Å². The molecule has 2 aliphatic rings. The first-order valence-corrected chi connectivity index (χ1v) is 6.16. The van der Waals surface area contributed by atoms with Crippen molar-refractivity contribution in [3.63, 3.8) is 0 Å². The van der Waals surface area contributed by atoms with E-state index in [-0.39, 0.29) is 5.82 Å². The number of anilines is 2. The van der Waals surface area contributed by atoms with Gasteiger partial charge < -0.3 is 15.8 Å². The van der Waals surface area contributed by atoms with Crippen molar-refractivity contribution in [1.29, 1.82) is 0 Å². The minimum atomic E-state index is -0.297. The summed E-state index contributed by atoms with van der Waals surface area (Å²) in [5, 5.41) is 3.35. The second kappa shape index (κ2) is 4.18. The number of halogens is 1. The summed E-state index contributed by atoms with van der Waals surface area (Å²) in [4.78, 5) is 0. The van der Waals surface area contributed by atoms with Gasteiger partial charge in [0, 0.05) is 18.0 Å². The molecule has 3 rings (SSSR count). The number of nitrogens with two attached hydrogens (primary N) is 1. The van der Waals surface area contributed by atoms with Gasteiger partial charge in [-0.2, -0.15) is 0 Å². The normalized spacial score (nSPS) is 28.3. The molecule has 2 atom stereocenters. The monoisotopic (exact) mass is 236 g/mol. The van der Waals surface area contributed by atoms with Gasteiger partial charge in [-0.1, -0.05) is 0 Å². The first kappa shape index (κ1) is 10.8. The maximum absolute atomic E-state index is 13.2. The molecule has 1 aromatic carbocycles. The number of hydrogen-bond acceptors (Lipinski definition) is 3. The maximum atomic E-state index is 13.2. The smallest absolute Gasteiger partial charge is 0.127 e. The van der Waals surface area contributed by atoms with Crippen molar-refractivity contribution in [1.82, 2.24) is 0 Å². The zero-order valence-electron chi connectivity index (χ0n) is 9.66. The second-order valence-corrected chi connectivity index (χ2v) is 4.99. The number of nitrogens with one attached hydrogen (secondary N) is 1. The van der Waals surface area contributed by atoms with Crippen LogP contribution >= 0.6 is 0 Å². The van der Waals surface area contributed by atoms with Crippen LogP contribution in [-0.2, 0) is 4.74 Å². The van der Waals surface area contributed by atoms with Gasteiger partial charge in [0.1, 0.15) is 5.82 Å². The average Bonchev–Trinajstić information content (AvgIpc) is 2.99. The molecule has 0 spiro atoms. The molecule has 1 heterocycles. The van der Waals surface area contributed by atoms with Gasteiger partial charge in [0.05, 0.1) is 12.1 Å². The van der Waals surface area contributed by atoms with E-state index in [4.69, 9.17) is 10.5 Å². The molecule has 4 heteroatoms. The van der Waals surface area contributed by atoms with Crippen LogP contribution < -0.4 is 11.1 Å². The molecule has 3 N–H and O–H groups in total. The van der Waals surface area contributed by atoms with Crippen molar-refractivity contribution in [2.75, 3.05) is 17.7 Å². The van der Waals surface area contributed by atoms with Crippen molar-refractivity contribution >= 4 is 11.4 Å². The Hall–Kier alpha value is -1.29. The van der Waals surface area contributed by atoms with E-state index in [1.54, 1.807) is 6.07 Å². The summed E-state index contributed by atoms with van der Waals surface area (Å²) in [6.45, 7) is 0.795. The molecular weight excluding hydrogens is 219 g/mol. The first-order chi connectivity index (χ1) is 8.22. The zero-order valence-corrected chi connectivity index (χ0v) is 9.66. The molecule has 1 saturated carbocycles. The fraction of sp³-hybridized carbons (Fsp3) is 0.538. The van der Waals surface area contributed by atoms with Crippen LogP contribution in [0.3, 0.4) is 0 Å². The molecule has 0 aromatic heterocycles. The fourth-order valence-electron chi connectivity index (χ4n) is 2.56. The van der Waals surface area contributed by atoms with Gasteiger partial charge in [-0.05, 0) is 43.4 Å². The van der Waals surface area contributed by atoms with E-state index in [1.807, 2.05) is 0 Å². The lowest BCUT2D eigenvalue weighted by atomic mass is 10.1. The summed E-state index contributed by atoms with van der Waals surface area (Å²) in [6, 6.07) is 4.88. The van der Waals surface area contributed by atoms with Crippen molar-refractivity contribution in [2.45, 2.75) is 31.4 Å². The number of benzene rings is 1. The molecule has 3 nitrogen and oxygen atoms in total. The Bertz CT molecular complexity index is 400. The molecule has 1 saturated heterocycles. The van der Waals surface area contributed by atoms with Crippen molar-refractivity contribution in [2.24, 2.45) is 5.92 Å². The first-order valence-electron chi connectivity index (χ1n) is 6.16. The van der Waals surface area contributed by atoms with Gasteiger partial charge in [-0.15, -0.1) is 0 Å². The predicted molar refractivity (Wildman–Crippen MR) is 65.3 cm³/mol. The fourth-order valence-corrected chi connectivity index (χ4v) is 2.56. The summed E-state index contributed by atoms with van der Waals surface area (Å²) < 4.78 is 19.0. The summed E-state index contributed by atoms with van der Waals surface area (Å²) in [5.41, 5.74) is 6.84. The van der Waals surface area contributed by atoms with Gasteiger partial charge in [0.15, 0.2) is 0 Å². The SMILES string of the molecule is Nc1cc(F)cc(NC2CCOC2C2CC2)c1. The zero-order chi connectivity index (χ0) is 11.8. The molecular formula is C13H17FN2O. The van der Waals surface area contributed by atoms with Gasteiger partial charge in [-0.3, -0.25) is 0 Å². The molecule has 0 amide bonds. The minimum Gasteiger partial charge on any atom is -0.399 e. The molecule has 1 aliphatic carbocycles. The topological polar surface area (TPSA) is 47.3 Å².